The SMILES string of the molecule is c1ccc(OCCCN2CCCC2C2CCCN2)cc1. The van der Waals surface area contributed by atoms with E-state index in [0.717, 1.165) is 30.9 Å². The minimum Gasteiger partial charge on any atom is -0.494 e. The lowest BCUT2D eigenvalue weighted by Crippen LogP contribution is -2.44. The first-order valence-corrected chi connectivity index (χ1v) is 8.09. The molecule has 0 aromatic heterocycles. The zero-order chi connectivity index (χ0) is 13.6. The highest BCUT2D eigenvalue weighted by Crippen LogP contribution is 2.24. The monoisotopic (exact) mass is 274 g/mol. The summed E-state index contributed by atoms with van der Waals surface area (Å²) in [6.45, 7) is 4.49. The molecule has 2 unspecified atom stereocenters. The summed E-state index contributed by atoms with van der Waals surface area (Å²) >= 11 is 0. The topological polar surface area (TPSA) is 24.5 Å². The number of nitrogens with zero attached hydrogens (tertiary/aromatic N) is 1. The minimum atomic E-state index is 0.743. The van der Waals surface area contributed by atoms with Crippen molar-refractivity contribution in [3.8, 4) is 5.75 Å². The molecule has 2 aliphatic heterocycles. The van der Waals surface area contributed by atoms with E-state index in [1.54, 1.807) is 0 Å². The average Bonchev–Trinajstić information content (AvgIpc) is 3.15. The Hall–Kier alpha value is -1.06. The third-order valence-corrected chi connectivity index (χ3v) is 4.58. The van der Waals surface area contributed by atoms with E-state index in [-0.39, 0.29) is 0 Å². The Balaban J connectivity index is 1.39. The normalized spacial score (nSPS) is 27.0. The fraction of sp³-hybridized carbons (Fsp3) is 0.647. The van der Waals surface area contributed by atoms with E-state index in [1.165, 1.54) is 45.3 Å². The van der Waals surface area contributed by atoms with Crippen LogP contribution in [0.1, 0.15) is 32.1 Å². The Morgan fingerprint density at radius 2 is 2.05 bits per heavy atom. The van der Waals surface area contributed by atoms with Crippen molar-refractivity contribution < 1.29 is 4.74 Å². The fourth-order valence-electron chi connectivity index (χ4n) is 3.60. The molecule has 2 fully saturated rings. The third-order valence-electron chi connectivity index (χ3n) is 4.58. The van der Waals surface area contributed by atoms with Crippen molar-refractivity contribution in [2.75, 3.05) is 26.2 Å². The Kier molecular flexibility index (Phi) is 4.93. The van der Waals surface area contributed by atoms with Gasteiger partial charge < -0.3 is 10.1 Å². The van der Waals surface area contributed by atoms with Gasteiger partial charge in [-0.2, -0.15) is 0 Å². The molecule has 3 nitrogen and oxygen atoms in total. The maximum atomic E-state index is 5.78. The van der Waals surface area contributed by atoms with Crippen molar-refractivity contribution in [1.29, 1.82) is 0 Å². The van der Waals surface area contributed by atoms with Crippen molar-refractivity contribution in [3.05, 3.63) is 30.3 Å². The van der Waals surface area contributed by atoms with Gasteiger partial charge in [0.05, 0.1) is 6.61 Å². The molecule has 20 heavy (non-hydrogen) atoms. The molecular weight excluding hydrogens is 248 g/mol. The number of likely N-dealkylation sites (tertiary alicyclic amines) is 1. The Bertz CT molecular complexity index is 389. The Labute approximate surface area is 122 Å². The van der Waals surface area contributed by atoms with E-state index in [4.69, 9.17) is 4.74 Å². The maximum absolute atomic E-state index is 5.78. The summed E-state index contributed by atoms with van der Waals surface area (Å²) < 4.78 is 5.78. The van der Waals surface area contributed by atoms with E-state index in [9.17, 15) is 0 Å². The Morgan fingerprint density at radius 3 is 2.85 bits per heavy atom. The molecule has 1 aromatic carbocycles. The molecule has 3 rings (SSSR count). The highest BCUT2D eigenvalue weighted by molar-refractivity contribution is 5.20. The molecule has 0 aliphatic carbocycles. The fourth-order valence-corrected chi connectivity index (χ4v) is 3.60. The molecule has 2 saturated heterocycles. The van der Waals surface area contributed by atoms with Crippen molar-refractivity contribution in [1.82, 2.24) is 10.2 Å². The van der Waals surface area contributed by atoms with Gasteiger partial charge in [-0.15, -0.1) is 0 Å². The zero-order valence-corrected chi connectivity index (χ0v) is 12.3. The molecule has 2 atom stereocenters. The van der Waals surface area contributed by atoms with E-state index < -0.39 is 0 Å². The van der Waals surface area contributed by atoms with Crippen LogP contribution in [0.3, 0.4) is 0 Å². The maximum Gasteiger partial charge on any atom is 0.119 e. The number of benzene rings is 1. The number of rotatable bonds is 6. The molecule has 3 heteroatoms. The highest BCUT2D eigenvalue weighted by atomic mass is 16.5. The second-order valence-corrected chi connectivity index (χ2v) is 5.96. The van der Waals surface area contributed by atoms with Crippen LogP contribution >= 0.6 is 0 Å². The summed E-state index contributed by atoms with van der Waals surface area (Å²) in [5.41, 5.74) is 0. The quantitative estimate of drug-likeness (QED) is 0.807. The predicted octanol–water partition coefficient (Wildman–Crippen LogP) is 2.67. The standard InChI is InChI=1S/C17H26N2O/c1-2-7-15(8-3-1)20-14-6-13-19-12-5-10-17(19)16-9-4-11-18-16/h1-3,7-8,16-18H,4-6,9-14H2. The first-order valence-electron chi connectivity index (χ1n) is 8.09. The zero-order valence-electron chi connectivity index (χ0n) is 12.3. The molecule has 0 spiro atoms. The van der Waals surface area contributed by atoms with Crippen LogP contribution in [0.4, 0.5) is 0 Å². The van der Waals surface area contributed by atoms with Gasteiger partial charge in [0.2, 0.25) is 0 Å². The van der Waals surface area contributed by atoms with Gasteiger partial charge in [0.15, 0.2) is 0 Å². The number of para-hydroxylation sites is 1. The van der Waals surface area contributed by atoms with E-state index >= 15 is 0 Å². The van der Waals surface area contributed by atoms with Gasteiger partial charge in [0.25, 0.3) is 0 Å². The lowest BCUT2D eigenvalue weighted by Gasteiger charge is -2.29. The van der Waals surface area contributed by atoms with Crippen molar-refractivity contribution in [2.24, 2.45) is 0 Å². The largest absolute Gasteiger partial charge is 0.494 e. The summed E-state index contributed by atoms with van der Waals surface area (Å²) in [6, 6.07) is 11.6. The molecule has 110 valence electrons. The van der Waals surface area contributed by atoms with E-state index in [0.29, 0.717) is 0 Å². The van der Waals surface area contributed by atoms with E-state index in [2.05, 4.69) is 10.2 Å². The molecule has 0 saturated carbocycles. The second kappa shape index (κ2) is 7.09. The van der Waals surface area contributed by atoms with Crippen LogP contribution in [-0.4, -0.2) is 43.2 Å². The predicted molar refractivity (Wildman–Crippen MR) is 82.2 cm³/mol. The van der Waals surface area contributed by atoms with Crippen molar-refractivity contribution in [2.45, 2.75) is 44.2 Å². The molecule has 0 bridgehead atoms. The van der Waals surface area contributed by atoms with Gasteiger partial charge in [-0.3, -0.25) is 4.90 Å². The average molecular weight is 274 g/mol. The molecule has 0 radical (unpaired) electrons. The molecule has 1 N–H and O–H groups in total. The van der Waals surface area contributed by atoms with Crippen LogP contribution in [0.2, 0.25) is 0 Å². The van der Waals surface area contributed by atoms with Gasteiger partial charge in [-0.1, -0.05) is 18.2 Å². The van der Waals surface area contributed by atoms with Crippen LogP contribution in [-0.2, 0) is 0 Å². The van der Waals surface area contributed by atoms with Gasteiger partial charge in [0.1, 0.15) is 5.75 Å². The van der Waals surface area contributed by atoms with Crippen LogP contribution < -0.4 is 10.1 Å². The summed E-state index contributed by atoms with van der Waals surface area (Å²) in [6.07, 6.45) is 6.57. The molecule has 2 aliphatic rings. The number of nitrogens with one attached hydrogen (secondary N) is 1. The Morgan fingerprint density at radius 1 is 1.15 bits per heavy atom. The van der Waals surface area contributed by atoms with Crippen molar-refractivity contribution >= 4 is 0 Å². The third kappa shape index (κ3) is 3.53. The van der Waals surface area contributed by atoms with Gasteiger partial charge >= 0.3 is 0 Å². The molecule has 1 aromatic rings. The van der Waals surface area contributed by atoms with E-state index in [1.807, 2.05) is 30.3 Å². The van der Waals surface area contributed by atoms with Crippen molar-refractivity contribution in [3.63, 3.8) is 0 Å². The number of hydrogen-bond donors (Lipinski definition) is 1. The van der Waals surface area contributed by atoms with Gasteiger partial charge in [-0.25, -0.2) is 0 Å². The highest BCUT2D eigenvalue weighted by Gasteiger charge is 2.32. The summed E-state index contributed by atoms with van der Waals surface area (Å²) in [7, 11) is 0. The smallest absolute Gasteiger partial charge is 0.119 e. The summed E-state index contributed by atoms with van der Waals surface area (Å²) in [4.78, 5) is 2.68. The first-order chi connectivity index (χ1) is 9.93. The van der Waals surface area contributed by atoms with Crippen LogP contribution in [0.15, 0.2) is 30.3 Å². The first kappa shape index (κ1) is 13.9. The molecule has 2 heterocycles. The molecule has 0 amide bonds. The lowest BCUT2D eigenvalue weighted by atomic mass is 10.0. The molecular formula is C17H26N2O. The van der Waals surface area contributed by atoms with Gasteiger partial charge in [0, 0.05) is 18.6 Å². The number of ether oxygens (including phenoxy) is 1. The van der Waals surface area contributed by atoms with Gasteiger partial charge in [-0.05, 0) is 57.3 Å². The summed E-state index contributed by atoms with van der Waals surface area (Å²) in [5.74, 6) is 0.989. The van der Waals surface area contributed by atoms with Crippen LogP contribution in [0.5, 0.6) is 5.75 Å². The number of hydrogen-bond acceptors (Lipinski definition) is 3. The lowest BCUT2D eigenvalue weighted by molar-refractivity contribution is 0.194. The van der Waals surface area contributed by atoms with Crippen LogP contribution in [0, 0.1) is 0 Å². The second-order valence-electron chi connectivity index (χ2n) is 5.96. The van der Waals surface area contributed by atoms with Crippen LogP contribution in [0.25, 0.3) is 0 Å². The summed E-state index contributed by atoms with van der Waals surface area (Å²) in [5, 5.41) is 3.67. The minimum absolute atomic E-state index is 0.743.